The van der Waals surface area contributed by atoms with E-state index in [9.17, 15) is 9.59 Å². The van der Waals surface area contributed by atoms with E-state index in [1.54, 1.807) is 11.8 Å². The Morgan fingerprint density at radius 2 is 2.14 bits per heavy atom. The van der Waals surface area contributed by atoms with Crippen molar-refractivity contribution in [2.45, 2.75) is 57.5 Å². The molecule has 1 aliphatic carbocycles. The summed E-state index contributed by atoms with van der Waals surface area (Å²) in [6, 6.07) is -0.664. The highest BCUT2D eigenvalue weighted by Gasteiger charge is 2.37. The predicted molar refractivity (Wildman–Crippen MR) is 73.2 cm³/mol. The monoisotopic (exact) mass is 292 g/mol. The number of nitrogens with one attached hydrogen (secondary N) is 1. The minimum absolute atomic E-state index is 0.0922. The van der Waals surface area contributed by atoms with Crippen molar-refractivity contribution in [3.8, 4) is 0 Å². The highest BCUT2D eigenvalue weighted by atomic mass is 16.5. The van der Waals surface area contributed by atoms with Crippen molar-refractivity contribution in [3.63, 3.8) is 0 Å². The number of carbonyl (C=O) groups excluding carboxylic acids is 2. The van der Waals surface area contributed by atoms with Gasteiger partial charge in [0, 0.05) is 19.4 Å². The number of hydrogen-bond donors (Lipinski definition) is 1. The molecule has 2 aliphatic rings. The maximum Gasteiger partial charge on any atom is 0.245 e. The van der Waals surface area contributed by atoms with Crippen molar-refractivity contribution in [3.05, 3.63) is 11.7 Å². The van der Waals surface area contributed by atoms with Crippen LogP contribution in [0.1, 0.15) is 63.2 Å². The number of rotatable bonds is 4. The molecule has 7 nitrogen and oxygen atoms in total. The average molecular weight is 292 g/mol. The van der Waals surface area contributed by atoms with Gasteiger partial charge in [-0.15, -0.1) is 0 Å². The molecule has 1 aliphatic heterocycles. The maximum absolute atomic E-state index is 12.4. The van der Waals surface area contributed by atoms with Crippen LogP contribution in [-0.2, 0) is 9.59 Å². The third-order valence-corrected chi connectivity index (χ3v) is 4.01. The van der Waals surface area contributed by atoms with Crippen molar-refractivity contribution in [2.75, 3.05) is 6.54 Å². The van der Waals surface area contributed by atoms with Crippen molar-refractivity contribution in [1.82, 2.24) is 20.4 Å². The molecule has 3 rings (SSSR count). The Balaban J connectivity index is 1.71. The van der Waals surface area contributed by atoms with E-state index in [4.69, 9.17) is 4.52 Å². The van der Waals surface area contributed by atoms with E-state index in [1.807, 2.05) is 0 Å². The molecule has 1 saturated heterocycles. The summed E-state index contributed by atoms with van der Waals surface area (Å²) in [6.07, 6.45) is 3.96. The quantitative estimate of drug-likeness (QED) is 0.899. The summed E-state index contributed by atoms with van der Waals surface area (Å²) in [5.41, 5.74) is 0. The first-order chi connectivity index (χ1) is 10.1. The molecule has 1 aromatic rings. The van der Waals surface area contributed by atoms with Crippen LogP contribution in [0.15, 0.2) is 4.52 Å². The lowest BCUT2D eigenvalue weighted by molar-refractivity contribution is -0.136. The topological polar surface area (TPSA) is 88.3 Å². The van der Waals surface area contributed by atoms with Crippen LogP contribution in [0.3, 0.4) is 0 Å². The van der Waals surface area contributed by atoms with E-state index < -0.39 is 6.04 Å². The molecule has 2 unspecified atom stereocenters. The molecule has 0 spiro atoms. The van der Waals surface area contributed by atoms with Crippen LogP contribution in [0.25, 0.3) is 0 Å². The third kappa shape index (κ3) is 2.91. The first-order valence-corrected chi connectivity index (χ1v) is 7.47. The van der Waals surface area contributed by atoms with E-state index >= 15 is 0 Å². The van der Waals surface area contributed by atoms with Gasteiger partial charge < -0.3 is 14.7 Å². The van der Waals surface area contributed by atoms with Gasteiger partial charge in [0.25, 0.3) is 0 Å². The Bertz CT molecular complexity index is 552. The summed E-state index contributed by atoms with van der Waals surface area (Å²) in [7, 11) is 0. The minimum Gasteiger partial charge on any atom is -0.345 e. The molecule has 1 saturated carbocycles. The molecule has 114 valence electrons. The van der Waals surface area contributed by atoms with Gasteiger partial charge in [0.15, 0.2) is 5.82 Å². The zero-order chi connectivity index (χ0) is 15.0. The fourth-order valence-electron chi connectivity index (χ4n) is 2.79. The fourth-order valence-corrected chi connectivity index (χ4v) is 2.79. The molecule has 2 heterocycles. The van der Waals surface area contributed by atoms with Gasteiger partial charge in [0.05, 0.1) is 6.04 Å². The van der Waals surface area contributed by atoms with Crippen LogP contribution in [0.4, 0.5) is 0 Å². The Morgan fingerprint density at radius 1 is 1.38 bits per heavy atom. The van der Waals surface area contributed by atoms with Gasteiger partial charge in [-0.2, -0.15) is 4.98 Å². The normalized spacial score (nSPS) is 23.1. The number of nitrogens with zero attached hydrogens (tertiary/aromatic N) is 3. The highest BCUT2D eigenvalue weighted by molar-refractivity contribution is 5.86. The summed E-state index contributed by atoms with van der Waals surface area (Å²) in [5, 5.41) is 6.68. The summed E-state index contributed by atoms with van der Waals surface area (Å²) >= 11 is 0. The molecule has 21 heavy (non-hydrogen) atoms. The number of hydrogen-bond acceptors (Lipinski definition) is 5. The second-order valence-electron chi connectivity index (χ2n) is 5.88. The number of aromatic nitrogens is 2. The van der Waals surface area contributed by atoms with E-state index in [2.05, 4.69) is 15.5 Å². The van der Waals surface area contributed by atoms with Gasteiger partial charge >= 0.3 is 0 Å². The zero-order valence-corrected chi connectivity index (χ0v) is 12.3. The van der Waals surface area contributed by atoms with E-state index in [-0.39, 0.29) is 17.9 Å². The minimum atomic E-state index is -0.530. The highest BCUT2D eigenvalue weighted by Crippen LogP contribution is 2.40. The molecule has 0 bridgehead atoms. The second-order valence-corrected chi connectivity index (χ2v) is 5.88. The number of carbonyl (C=O) groups is 2. The summed E-state index contributed by atoms with van der Waals surface area (Å²) in [6.45, 7) is 3.78. The predicted octanol–water partition coefficient (Wildman–Crippen LogP) is 1.14. The van der Waals surface area contributed by atoms with Crippen molar-refractivity contribution in [1.29, 1.82) is 0 Å². The fraction of sp³-hybridized carbons (Fsp3) is 0.714. The summed E-state index contributed by atoms with van der Waals surface area (Å²) in [5.74, 6) is 1.40. The van der Waals surface area contributed by atoms with E-state index in [1.165, 1.54) is 6.92 Å². The van der Waals surface area contributed by atoms with Crippen molar-refractivity contribution in [2.24, 2.45) is 0 Å². The summed E-state index contributed by atoms with van der Waals surface area (Å²) in [4.78, 5) is 29.7. The molecule has 2 fully saturated rings. The number of likely N-dealkylation sites (tertiary alicyclic amines) is 1. The van der Waals surface area contributed by atoms with Gasteiger partial charge in [-0.1, -0.05) is 5.16 Å². The molecule has 2 amide bonds. The van der Waals surface area contributed by atoms with Crippen LogP contribution in [0, 0.1) is 0 Å². The van der Waals surface area contributed by atoms with Gasteiger partial charge in [0.1, 0.15) is 6.04 Å². The number of amides is 2. The molecule has 0 aromatic carbocycles. The lowest BCUT2D eigenvalue weighted by Gasteiger charge is -2.25. The van der Waals surface area contributed by atoms with Crippen LogP contribution in [0.2, 0.25) is 0 Å². The first-order valence-electron chi connectivity index (χ1n) is 7.47. The molecule has 7 heteroatoms. The van der Waals surface area contributed by atoms with Gasteiger partial charge in [-0.25, -0.2) is 0 Å². The van der Waals surface area contributed by atoms with Crippen LogP contribution in [-0.4, -0.2) is 39.4 Å². The van der Waals surface area contributed by atoms with Gasteiger partial charge in [0.2, 0.25) is 17.7 Å². The van der Waals surface area contributed by atoms with Crippen molar-refractivity contribution < 1.29 is 14.1 Å². The molecule has 0 radical (unpaired) electrons. The third-order valence-electron chi connectivity index (χ3n) is 4.01. The van der Waals surface area contributed by atoms with Gasteiger partial charge in [-0.05, 0) is 32.6 Å². The lowest BCUT2D eigenvalue weighted by Crippen LogP contribution is -2.46. The first kappa shape index (κ1) is 14.0. The van der Waals surface area contributed by atoms with Gasteiger partial charge in [-0.3, -0.25) is 9.59 Å². The van der Waals surface area contributed by atoms with E-state index in [0.29, 0.717) is 24.2 Å². The molecule has 2 atom stereocenters. The molecule has 1 N–H and O–H groups in total. The second kappa shape index (κ2) is 5.46. The molecule has 1 aromatic heterocycles. The summed E-state index contributed by atoms with van der Waals surface area (Å²) < 4.78 is 5.29. The molecular formula is C14H20N4O3. The Labute approximate surface area is 123 Å². The Hall–Kier alpha value is -1.92. The average Bonchev–Trinajstić information content (AvgIpc) is 2.99. The smallest absolute Gasteiger partial charge is 0.245 e. The zero-order valence-electron chi connectivity index (χ0n) is 12.3. The lowest BCUT2D eigenvalue weighted by atomic mass is 10.2. The maximum atomic E-state index is 12.4. The van der Waals surface area contributed by atoms with Crippen LogP contribution in [0.5, 0.6) is 0 Å². The standard InChI is InChI=1S/C14H20N4O3/c1-8(15-9(2)19)14(20)18-7-3-4-11(18)12-16-13(21-17-12)10-5-6-10/h8,10-11H,3-7H2,1-2H3,(H,15,19). The van der Waals surface area contributed by atoms with Crippen molar-refractivity contribution >= 4 is 11.8 Å². The Kier molecular flexibility index (Phi) is 3.65. The van der Waals surface area contributed by atoms with E-state index in [0.717, 1.165) is 25.7 Å². The van der Waals surface area contributed by atoms with Crippen LogP contribution < -0.4 is 5.32 Å². The largest absolute Gasteiger partial charge is 0.345 e. The Morgan fingerprint density at radius 3 is 2.81 bits per heavy atom. The molecular weight excluding hydrogens is 272 g/mol. The van der Waals surface area contributed by atoms with Crippen LogP contribution >= 0.6 is 0 Å². The SMILES string of the molecule is CC(=O)NC(C)C(=O)N1CCCC1c1noc(C2CC2)n1.